The Labute approximate surface area is 155 Å². The summed E-state index contributed by atoms with van der Waals surface area (Å²) in [7, 11) is 0. The molecule has 1 saturated carbocycles. The minimum Gasteiger partial charge on any atom is -0.459 e. The Bertz CT molecular complexity index is 950. The molecule has 1 heterocycles. The first kappa shape index (κ1) is 17.0. The zero-order valence-corrected chi connectivity index (χ0v) is 14.3. The highest BCUT2D eigenvalue weighted by Crippen LogP contribution is 2.48. The van der Waals surface area contributed by atoms with Gasteiger partial charge in [0.25, 0.3) is 5.91 Å². The third-order valence-corrected chi connectivity index (χ3v) is 4.58. The third-order valence-electron chi connectivity index (χ3n) is 4.58. The average Bonchev–Trinajstić information content (AvgIpc) is 3.28. The fourth-order valence-electron chi connectivity index (χ4n) is 3.04. The van der Waals surface area contributed by atoms with Crippen LogP contribution in [-0.4, -0.2) is 11.8 Å². The van der Waals surface area contributed by atoms with E-state index in [1.165, 1.54) is 18.4 Å². The van der Waals surface area contributed by atoms with Crippen molar-refractivity contribution in [1.29, 1.82) is 0 Å². The Kier molecular flexibility index (Phi) is 4.46. The molecule has 2 atom stereocenters. The van der Waals surface area contributed by atoms with E-state index in [0.717, 1.165) is 12.0 Å². The van der Waals surface area contributed by atoms with Gasteiger partial charge >= 0.3 is 0 Å². The fourth-order valence-corrected chi connectivity index (χ4v) is 3.04. The van der Waals surface area contributed by atoms with Crippen molar-refractivity contribution in [2.24, 2.45) is 5.92 Å². The van der Waals surface area contributed by atoms with Crippen LogP contribution in [0.25, 0.3) is 0 Å². The molecule has 0 unspecified atom stereocenters. The van der Waals surface area contributed by atoms with Crippen LogP contribution >= 0.6 is 0 Å². The topological polar surface area (TPSA) is 71.3 Å². The normalized spacial score (nSPS) is 18.0. The molecule has 4 rings (SSSR count). The highest BCUT2D eigenvalue weighted by molar-refractivity contribution is 6.02. The van der Waals surface area contributed by atoms with Crippen LogP contribution in [-0.2, 0) is 4.79 Å². The summed E-state index contributed by atoms with van der Waals surface area (Å²) < 4.78 is 18.0. The van der Waals surface area contributed by atoms with Crippen LogP contribution in [0.1, 0.15) is 28.5 Å². The van der Waals surface area contributed by atoms with Crippen molar-refractivity contribution in [3.8, 4) is 0 Å². The molecule has 27 heavy (non-hydrogen) atoms. The van der Waals surface area contributed by atoms with Gasteiger partial charge in [-0.1, -0.05) is 12.1 Å². The Balaban J connectivity index is 1.33. The van der Waals surface area contributed by atoms with E-state index in [2.05, 4.69) is 10.6 Å². The molecule has 136 valence electrons. The Hall–Kier alpha value is -3.41. The zero-order chi connectivity index (χ0) is 18.8. The van der Waals surface area contributed by atoms with Gasteiger partial charge in [0, 0.05) is 17.3 Å². The molecule has 0 radical (unpaired) electrons. The van der Waals surface area contributed by atoms with E-state index in [1.54, 1.807) is 48.5 Å². The van der Waals surface area contributed by atoms with Crippen molar-refractivity contribution in [2.45, 2.75) is 12.3 Å². The lowest BCUT2D eigenvalue weighted by Crippen LogP contribution is -2.15. The molecule has 2 amide bonds. The first-order valence-electron chi connectivity index (χ1n) is 8.61. The predicted octanol–water partition coefficient (Wildman–Crippen LogP) is 4.41. The number of hydrogen-bond acceptors (Lipinski definition) is 3. The van der Waals surface area contributed by atoms with Gasteiger partial charge in [-0.3, -0.25) is 9.59 Å². The van der Waals surface area contributed by atoms with Gasteiger partial charge in [-0.05, 0) is 66.4 Å². The quantitative estimate of drug-likeness (QED) is 0.704. The second-order valence-electron chi connectivity index (χ2n) is 6.50. The maximum absolute atomic E-state index is 13.0. The van der Waals surface area contributed by atoms with Gasteiger partial charge in [0.15, 0.2) is 5.76 Å². The van der Waals surface area contributed by atoms with Gasteiger partial charge in [-0.2, -0.15) is 0 Å². The van der Waals surface area contributed by atoms with Crippen LogP contribution in [0.15, 0.2) is 71.3 Å². The number of benzene rings is 2. The van der Waals surface area contributed by atoms with Crippen molar-refractivity contribution in [3.63, 3.8) is 0 Å². The number of carbonyl (C=O) groups is 2. The monoisotopic (exact) mass is 364 g/mol. The smallest absolute Gasteiger partial charge is 0.291 e. The molecule has 0 bridgehead atoms. The molecular formula is C21H17FN2O3. The SMILES string of the molecule is O=C(Nc1ccc(NC(=O)[C@H]2C[C@@H]2c2ccc(F)cc2)cc1)c1ccco1. The maximum atomic E-state index is 13.0. The molecule has 0 aliphatic heterocycles. The number of rotatable bonds is 5. The van der Waals surface area contributed by atoms with Crippen molar-refractivity contribution >= 4 is 23.2 Å². The van der Waals surface area contributed by atoms with Gasteiger partial charge in [-0.15, -0.1) is 0 Å². The summed E-state index contributed by atoms with van der Waals surface area (Å²) in [6, 6.07) is 16.4. The Morgan fingerprint density at radius 1 is 0.926 bits per heavy atom. The molecular weight excluding hydrogens is 347 g/mol. The second-order valence-corrected chi connectivity index (χ2v) is 6.50. The predicted molar refractivity (Wildman–Crippen MR) is 99.0 cm³/mol. The number of anilines is 2. The molecule has 1 fully saturated rings. The highest BCUT2D eigenvalue weighted by atomic mass is 19.1. The van der Waals surface area contributed by atoms with Crippen LogP contribution in [0.2, 0.25) is 0 Å². The van der Waals surface area contributed by atoms with E-state index in [-0.39, 0.29) is 35.2 Å². The summed E-state index contributed by atoms with van der Waals surface area (Å²) in [5.41, 5.74) is 2.23. The first-order valence-corrected chi connectivity index (χ1v) is 8.61. The number of amides is 2. The van der Waals surface area contributed by atoms with Gasteiger partial charge in [-0.25, -0.2) is 4.39 Å². The summed E-state index contributed by atoms with van der Waals surface area (Å²) in [5.74, 6) is -0.410. The third kappa shape index (κ3) is 3.89. The molecule has 6 heteroatoms. The number of nitrogens with one attached hydrogen (secondary N) is 2. The van der Waals surface area contributed by atoms with Crippen LogP contribution in [0.3, 0.4) is 0 Å². The molecule has 0 spiro atoms. The number of furan rings is 1. The number of hydrogen-bond donors (Lipinski definition) is 2. The second kappa shape index (κ2) is 7.07. The van der Waals surface area contributed by atoms with Gasteiger partial charge in [0.1, 0.15) is 5.82 Å². The van der Waals surface area contributed by atoms with Gasteiger partial charge in [0.05, 0.1) is 6.26 Å². The van der Waals surface area contributed by atoms with Crippen LogP contribution in [0.5, 0.6) is 0 Å². The molecule has 1 aliphatic carbocycles. The number of halogens is 1. The van der Waals surface area contributed by atoms with Crippen molar-refractivity contribution < 1.29 is 18.4 Å². The summed E-state index contributed by atoms with van der Waals surface area (Å²) in [6.07, 6.45) is 2.19. The lowest BCUT2D eigenvalue weighted by Gasteiger charge is -2.07. The maximum Gasteiger partial charge on any atom is 0.291 e. The lowest BCUT2D eigenvalue weighted by atomic mass is 10.1. The van der Waals surface area contributed by atoms with Gasteiger partial charge in [0.2, 0.25) is 5.91 Å². The van der Waals surface area contributed by atoms with E-state index < -0.39 is 0 Å². The summed E-state index contributed by atoms with van der Waals surface area (Å²) in [6.45, 7) is 0. The standard InChI is InChI=1S/C21H17FN2O3/c22-14-5-3-13(4-6-14)17-12-18(17)20(25)23-15-7-9-16(10-8-15)24-21(26)19-2-1-11-27-19/h1-11,17-18H,12H2,(H,23,25)(H,24,26)/t17-,18+/m1/s1. The first-order chi connectivity index (χ1) is 13.1. The van der Waals surface area contributed by atoms with E-state index >= 15 is 0 Å². The van der Waals surface area contributed by atoms with Gasteiger partial charge < -0.3 is 15.1 Å². The molecule has 5 nitrogen and oxygen atoms in total. The van der Waals surface area contributed by atoms with Crippen molar-refractivity contribution in [1.82, 2.24) is 0 Å². The van der Waals surface area contributed by atoms with Crippen LogP contribution in [0.4, 0.5) is 15.8 Å². The average molecular weight is 364 g/mol. The summed E-state index contributed by atoms with van der Waals surface area (Å²) >= 11 is 0. The Morgan fingerprint density at radius 3 is 2.22 bits per heavy atom. The minimum atomic E-state index is -0.336. The summed E-state index contributed by atoms with van der Waals surface area (Å²) in [4.78, 5) is 24.3. The lowest BCUT2D eigenvalue weighted by molar-refractivity contribution is -0.117. The molecule has 1 aromatic heterocycles. The molecule has 0 saturated heterocycles. The van der Waals surface area contributed by atoms with E-state index in [4.69, 9.17) is 4.42 Å². The Morgan fingerprint density at radius 2 is 1.59 bits per heavy atom. The largest absolute Gasteiger partial charge is 0.459 e. The molecule has 2 aromatic carbocycles. The summed E-state index contributed by atoms with van der Waals surface area (Å²) in [5, 5.41) is 5.60. The molecule has 1 aliphatic rings. The van der Waals surface area contributed by atoms with E-state index in [0.29, 0.717) is 11.4 Å². The van der Waals surface area contributed by atoms with E-state index in [1.807, 2.05) is 0 Å². The minimum absolute atomic E-state index is 0.0586. The van der Waals surface area contributed by atoms with E-state index in [9.17, 15) is 14.0 Å². The molecule has 3 aromatic rings. The zero-order valence-electron chi connectivity index (χ0n) is 14.3. The van der Waals surface area contributed by atoms with Crippen molar-refractivity contribution in [2.75, 3.05) is 10.6 Å². The fraction of sp³-hybridized carbons (Fsp3) is 0.143. The van der Waals surface area contributed by atoms with Crippen LogP contribution < -0.4 is 10.6 Å². The van der Waals surface area contributed by atoms with Crippen LogP contribution in [0, 0.1) is 11.7 Å². The molecule has 2 N–H and O–H groups in total. The van der Waals surface area contributed by atoms with Crippen molar-refractivity contribution in [3.05, 3.63) is 84.1 Å². The number of carbonyl (C=O) groups excluding carboxylic acids is 2. The highest BCUT2D eigenvalue weighted by Gasteiger charge is 2.43.